The van der Waals surface area contributed by atoms with Crippen molar-refractivity contribution < 1.29 is 14.3 Å². The zero-order valence-corrected chi connectivity index (χ0v) is 11.0. The number of rotatable bonds is 4. The van der Waals surface area contributed by atoms with Crippen LogP contribution in [0.4, 0.5) is 11.4 Å². The van der Waals surface area contributed by atoms with Gasteiger partial charge in [0, 0.05) is 25.7 Å². The van der Waals surface area contributed by atoms with Crippen molar-refractivity contribution in [2.24, 2.45) is 0 Å². The lowest BCUT2D eigenvalue weighted by Crippen LogP contribution is -2.43. The number of hydrogen-bond acceptors (Lipinski definition) is 5. The molecular weight excluding hydrogens is 246 g/mol. The molecule has 1 aromatic carbocycles. The van der Waals surface area contributed by atoms with Crippen molar-refractivity contribution in [2.45, 2.75) is 6.42 Å². The Morgan fingerprint density at radius 2 is 2.21 bits per heavy atom. The Morgan fingerprint density at radius 1 is 1.42 bits per heavy atom. The minimum atomic E-state index is -0.332. The maximum Gasteiger partial charge on any atom is 0.271 e. The number of carbonyl (C=O) groups excluding carboxylic acids is 2. The van der Waals surface area contributed by atoms with Crippen LogP contribution in [0.3, 0.4) is 0 Å². The maximum absolute atomic E-state index is 12.1. The standard InChI is InChI=1S/C13H17N3O3/c1-14-6-5-12(17)16-10-7-9(15-2)3-4-11(10)19-8-13(16)18/h3-4,7,14-15H,5-6,8H2,1-2H3. The summed E-state index contributed by atoms with van der Waals surface area (Å²) in [4.78, 5) is 25.2. The van der Waals surface area contributed by atoms with Gasteiger partial charge in [0.1, 0.15) is 5.75 Å². The first kappa shape index (κ1) is 13.4. The maximum atomic E-state index is 12.1. The molecule has 0 aliphatic carbocycles. The number of anilines is 2. The highest BCUT2D eigenvalue weighted by Gasteiger charge is 2.30. The highest BCUT2D eigenvalue weighted by molar-refractivity contribution is 6.17. The van der Waals surface area contributed by atoms with Gasteiger partial charge in [0.2, 0.25) is 5.91 Å². The lowest BCUT2D eigenvalue weighted by Gasteiger charge is -2.28. The molecule has 0 aromatic heterocycles. The predicted molar refractivity (Wildman–Crippen MR) is 72.5 cm³/mol. The molecule has 2 N–H and O–H groups in total. The highest BCUT2D eigenvalue weighted by atomic mass is 16.5. The van der Waals surface area contributed by atoms with Crippen molar-refractivity contribution in [1.29, 1.82) is 0 Å². The molecule has 19 heavy (non-hydrogen) atoms. The number of amides is 2. The molecule has 0 spiro atoms. The third-order valence-electron chi connectivity index (χ3n) is 2.93. The Morgan fingerprint density at radius 3 is 2.89 bits per heavy atom. The number of ether oxygens (including phenoxy) is 1. The van der Waals surface area contributed by atoms with E-state index in [1.54, 1.807) is 26.2 Å². The second kappa shape index (κ2) is 5.71. The van der Waals surface area contributed by atoms with Crippen molar-refractivity contribution in [3.05, 3.63) is 18.2 Å². The van der Waals surface area contributed by atoms with Crippen molar-refractivity contribution >= 4 is 23.2 Å². The molecule has 6 nitrogen and oxygen atoms in total. The van der Waals surface area contributed by atoms with Gasteiger partial charge in [0.15, 0.2) is 6.61 Å². The molecular formula is C13H17N3O3. The lowest BCUT2D eigenvalue weighted by atomic mass is 10.2. The Labute approximate surface area is 111 Å². The van der Waals surface area contributed by atoms with E-state index in [1.165, 1.54) is 4.90 Å². The van der Waals surface area contributed by atoms with Crippen LogP contribution >= 0.6 is 0 Å². The summed E-state index contributed by atoms with van der Waals surface area (Å²) in [6, 6.07) is 5.33. The molecule has 0 unspecified atom stereocenters. The van der Waals surface area contributed by atoms with E-state index in [0.717, 1.165) is 5.69 Å². The summed E-state index contributed by atoms with van der Waals surface area (Å²) >= 11 is 0. The van der Waals surface area contributed by atoms with Gasteiger partial charge in [-0.3, -0.25) is 9.59 Å². The average Bonchev–Trinajstić information content (AvgIpc) is 2.43. The largest absolute Gasteiger partial charge is 0.482 e. The Balaban J connectivity index is 2.33. The van der Waals surface area contributed by atoms with Crippen LogP contribution in [0.5, 0.6) is 5.75 Å². The SMILES string of the molecule is CNCCC(=O)N1C(=O)COc2ccc(NC)cc21. The zero-order chi connectivity index (χ0) is 13.8. The smallest absolute Gasteiger partial charge is 0.271 e. The molecule has 0 fully saturated rings. The molecule has 1 aliphatic rings. The summed E-state index contributed by atoms with van der Waals surface area (Å²) in [6.07, 6.45) is 0.269. The van der Waals surface area contributed by atoms with Crippen molar-refractivity contribution in [3.8, 4) is 5.75 Å². The Kier molecular flexibility index (Phi) is 4.01. The molecule has 6 heteroatoms. The van der Waals surface area contributed by atoms with E-state index >= 15 is 0 Å². The molecule has 0 bridgehead atoms. The number of benzene rings is 1. The summed E-state index contributed by atoms with van der Waals surface area (Å²) in [5, 5.41) is 5.87. The fourth-order valence-electron chi connectivity index (χ4n) is 1.93. The van der Waals surface area contributed by atoms with Crippen LogP contribution in [0.25, 0.3) is 0 Å². The molecule has 0 radical (unpaired) electrons. The van der Waals surface area contributed by atoms with Crippen LogP contribution in [0.15, 0.2) is 18.2 Å². The van der Waals surface area contributed by atoms with Crippen molar-refractivity contribution in [2.75, 3.05) is 37.5 Å². The minimum Gasteiger partial charge on any atom is -0.482 e. The molecule has 1 heterocycles. The fourth-order valence-corrected chi connectivity index (χ4v) is 1.93. The molecule has 1 aromatic rings. The molecule has 102 valence electrons. The summed E-state index contributed by atoms with van der Waals surface area (Å²) < 4.78 is 5.33. The van der Waals surface area contributed by atoms with E-state index in [9.17, 15) is 9.59 Å². The van der Waals surface area contributed by atoms with Crippen LogP contribution in [0.2, 0.25) is 0 Å². The second-order valence-corrected chi connectivity index (χ2v) is 4.20. The number of fused-ring (bicyclic) bond motifs is 1. The van der Waals surface area contributed by atoms with Gasteiger partial charge in [-0.05, 0) is 25.2 Å². The number of hydrogen-bond donors (Lipinski definition) is 2. The Hall–Kier alpha value is -2.08. The number of nitrogens with zero attached hydrogens (tertiary/aromatic N) is 1. The normalized spacial score (nSPS) is 13.8. The van der Waals surface area contributed by atoms with E-state index in [-0.39, 0.29) is 24.8 Å². The van der Waals surface area contributed by atoms with Crippen LogP contribution in [0.1, 0.15) is 6.42 Å². The number of nitrogens with one attached hydrogen (secondary N) is 2. The quantitative estimate of drug-likeness (QED) is 0.832. The molecule has 1 aliphatic heterocycles. The fraction of sp³-hybridized carbons (Fsp3) is 0.385. The summed E-state index contributed by atoms with van der Waals surface area (Å²) in [5.74, 6) is -0.00424. The molecule has 0 saturated carbocycles. The van der Waals surface area contributed by atoms with Crippen LogP contribution in [-0.4, -0.2) is 39.1 Å². The van der Waals surface area contributed by atoms with Gasteiger partial charge >= 0.3 is 0 Å². The van der Waals surface area contributed by atoms with Crippen LogP contribution < -0.4 is 20.3 Å². The van der Waals surface area contributed by atoms with E-state index in [0.29, 0.717) is 18.0 Å². The molecule has 2 rings (SSSR count). The number of carbonyl (C=O) groups is 2. The average molecular weight is 263 g/mol. The number of imide groups is 1. The topological polar surface area (TPSA) is 70.7 Å². The van der Waals surface area contributed by atoms with E-state index < -0.39 is 0 Å². The van der Waals surface area contributed by atoms with Gasteiger partial charge in [-0.15, -0.1) is 0 Å². The highest BCUT2D eigenvalue weighted by Crippen LogP contribution is 2.34. The first-order valence-electron chi connectivity index (χ1n) is 6.12. The molecule has 2 amide bonds. The van der Waals surface area contributed by atoms with Crippen LogP contribution in [-0.2, 0) is 9.59 Å². The summed E-state index contributed by atoms with van der Waals surface area (Å²) in [6.45, 7) is 0.432. The third-order valence-corrected chi connectivity index (χ3v) is 2.93. The Bertz CT molecular complexity index is 502. The summed E-state index contributed by atoms with van der Waals surface area (Å²) in [7, 11) is 3.54. The van der Waals surface area contributed by atoms with Crippen LogP contribution in [0, 0.1) is 0 Å². The third kappa shape index (κ3) is 2.68. The van der Waals surface area contributed by atoms with E-state index in [4.69, 9.17) is 4.74 Å². The lowest BCUT2D eigenvalue weighted by molar-refractivity contribution is -0.128. The van der Waals surface area contributed by atoms with Gasteiger partial charge in [0.25, 0.3) is 5.91 Å². The molecule has 0 atom stereocenters. The van der Waals surface area contributed by atoms with Crippen molar-refractivity contribution in [1.82, 2.24) is 5.32 Å². The van der Waals surface area contributed by atoms with Gasteiger partial charge in [0.05, 0.1) is 5.69 Å². The predicted octanol–water partition coefficient (Wildman–Crippen LogP) is 0.590. The first-order chi connectivity index (χ1) is 9.17. The van der Waals surface area contributed by atoms with E-state index in [1.807, 2.05) is 6.07 Å². The van der Waals surface area contributed by atoms with Gasteiger partial charge < -0.3 is 15.4 Å². The minimum absolute atomic E-state index is 0.100. The summed E-state index contributed by atoms with van der Waals surface area (Å²) in [5.41, 5.74) is 1.33. The first-order valence-corrected chi connectivity index (χ1v) is 6.12. The van der Waals surface area contributed by atoms with Gasteiger partial charge in [-0.2, -0.15) is 0 Å². The van der Waals surface area contributed by atoms with E-state index in [2.05, 4.69) is 10.6 Å². The monoisotopic (exact) mass is 263 g/mol. The van der Waals surface area contributed by atoms with Gasteiger partial charge in [-0.1, -0.05) is 0 Å². The second-order valence-electron chi connectivity index (χ2n) is 4.20. The van der Waals surface area contributed by atoms with Gasteiger partial charge in [-0.25, -0.2) is 4.90 Å². The molecule has 0 saturated heterocycles. The van der Waals surface area contributed by atoms with Crippen molar-refractivity contribution in [3.63, 3.8) is 0 Å². The zero-order valence-electron chi connectivity index (χ0n) is 11.0.